The third-order valence-electron chi connectivity index (χ3n) is 6.43. The molecule has 4 N–H and O–H groups in total. The van der Waals surface area contributed by atoms with E-state index in [1.165, 1.54) is 21.3 Å². The summed E-state index contributed by atoms with van der Waals surface area (Å²) in [7, 11) is 0. The first-order valence-electron chi connectivity index (χ1n) is 12.6. The van der Waals surface area contributed by atoms with Gasteiger partial charge in [0, 0.05) is 12.8 Å². The molecule has 2 atom stereocenters. The summed E-state index contributed by atoms with van der Waals surface area (Å²) >= 11 is 0. The molecule has 2 heterocycles. The molecule has 42 heavy (non-hydrogen) atoms. The monoisotopic (exact) mass is 608 g/mol. The van der Waals surface area contributed by atoms with Crippen molar-refractivity contribution in [2.75, 3.05) is 9.80 Å². The number of nitrogens with one attached hydrogen (secondary N) is 4. The molecular formula is C24H26F6N6O6. The van der Waals surface area contributed by atoms with Gasteiger partial charge in [-0.15, -0.1) is 0 Å². The molecule has 2 aliphatic rings. The lowest BCUT2D eigenvalue weighted by Crippen LogP contribution is -2.69. The van der Waals surface area contributed by atoms with Crippen LogP contribution in [0.2, 0.25) is 0 Å². The second-order valence-corrected chi connectivity index (χ2v) is 9.46. The van der Waals surface area contributed by atoms with Crippen molar-refractivity contribution in [1.29, 1.82) is 0 Å². The number of rotatable bonds is 10. The number of carbonyl (C=O) groups excluding carboxylic acids is 6. The molecule has 0 unspecified atom stereocenters. The summed E-state index contributed by atoms with van der Waals surface area (Å²) in [6, 6.07) is 0.0276. The Hall–Kier alpha value is -4.38. The predicted molar refractivity (Wildman–Crippen MR) is 131 cm³/mol. The molecule has 2 aliphatic heterocycles. The zero-order valence-electron chi connectivity index (χ0n) is 22.2. The first-order chi connectivity index (χ1) is 19.5. The molecule has 0 aliphatic carbocycles. The Bertz CT molecular complexity index is 1190. The summed E-state index contributed by atoms with van der Waals surface area (Å²) in [6.45, 7) is 3.35. The highest BCUT2D eigenvalue weighted by atomic mass is 19.4. The fourth-order valence-corrected chi connectivity index (χ4v) is 4.19. The van der Waals surface area contributed by atoms with Gasteiger partial charge in [0.25, 0.3) is 23.1 Å². The number of halogens is 6. The Labute approximate surface area is 234 Å². The highest BCUT2D eigenvalue weighted by Gasteiger charge is 2.70. The van der Waals surface area contributed by atoms with Crippen molar-refractivity contribution in [3.8, 4) is 0 Å². The fraction of sp³-hybridized carbons (Fsp3) is 0.500. The molecule has 230 valence electrons. The first-order valence-corrected chi connectivity index (χ1v) is 12.6. The second kappa shape index (κ2) is 11.5. The van der Waals surface area contributed by atoms with Gasteiger partial charge in [0.2, 0.25) is 11.8 Å². The lowest BCUT2D eigenvalue weighted by molar-refractivity contribution is -0.201. The highest BCUT2D eigenvalue weighted by molar-refractivity contribution is 6.25. The van der Waals surface area contributed by atoms with Crippen molar-refractivity contribution < 1.29 is 55.1 Å². The van der Waals surface area contributed by atoms with E-state index in [9.17, 15) is 55.1 Å². The van der Waals surface area contributed by atoms with E-state index in [4.69, 9.17) is 0 Å². The third kappa shape index (κ3) is 5.56. The lowest BCUT2D eigenvalue weighted by atomic mass is 10.1. The largest absolute Gasteiger partial charge is 0.440 e. The molecule has 2 saturated heterocycles. The molecule has 18 heteroatoms. The molecule has 0 aromatic heterocycles. The number of alkyl halides is 6. The van der Waals surface area contributed by atoms with E-state index < -0.39 is 70.7 Å². The molecule has 0 radical (unpaired) electrons. The van der Waals surface area contributed by atoms with E-state index in [1.807, 2.05) is 0 Å². The summed E-state index contributed by atoms with van der Waals surface area (Å²) in [5, 5.41) is 5.95. The maximum atomic E-state index is 14.0. The van der Waals surface area contributed by atoms with E-state index in [-0.39, 0.29) is 35.5 Å². The number of unbranched alkanes of at least 4 members (excludes halogenated alkanes) is 2. The van der Waals surface area contributed by atoms with Gasteiger partial charge < -0.3 is 10.6 Å². The molecule has 0 saturated carbocycles. The maximum Gasteiger partial charge on any atom is 0.440 e. The van der Waals surface area contributed by atoms with Crippen LogP contribution in [-0.2, 0) is 19.2 Å². The summed E-state index contributed by atoms with van der Waals surface area (Å²) in [4.78, 5) is 75.1. The van der Waals surface area contributed by atoms with Crippen LogP contribution in [-0.4, -0.2) is 59.4 Å². The van der Waals surface area contributed by atoms with E-state index in [2.05, 4.69) is 0 Å². The third-order valence-corrected chi connectivity index (χ3v) is 6.43. The number of nitrogens with zero attached hydrogens (tertiary/aromatic N) is 2. The molecule has 1 aromatic carbocycles. The van der Waals surface area contributed by atoms with Crippen LogP contribution < -0.4 is 31.1 Å². The van der Waals surface area contributed by atoms with Gasteiger partial charge in [0.05, 0.1) is 11.4 Å². The molecule has 3 rings (SSSR count). The smallest absolute Gasteiger partial charge is 0.318 e. The van der Waals surface area contributed by atoms with Crippen LogP contribution in [0.3, 0.4) is 0 Å². The number of carbonyl (C=O) groups is 6. The van der Waals surface area contributed by atoms with Gasteiger partial charge in [-0.25, -0.2) is 19.4 Å². The number of benzene rings is 1. The molecular weight excluding hydrogens is 582 g/mol. The van der Waals surface area contributed by atoms with Crippen molar-refractivity contribution in [3.05, 3.63) is 24.3 Å². The van der Waals surface area contributed by atoms with Crippen LogP contribution in [0.5, 0.6) is 0 Å². The van der Waals surface area contributed by atoms with Crippen LogP contribution in [0, 0.1) is 0 Å². The number of hydrogen-bond donors (Lipinski definition) is 4. The Morgan fingerprint density at radius 1 is 0.690 bits per heavy atom. The quantitative estimate of drug-likeness (QED) is 0.236. The van der Waals surface area contributed by atoms with E-state index in [0.29, 0.717) is 12.8 Å². The van der Waals surface area contributed by atoms with Crippen molar-refractivity contribution in [2.45, 2.75) is 76.1 Å². The Balaban J connectivity index is 1.91. The summed E-state index contributed by atoms with van der Waals surface area (Å²) in [6.07, 6.45) is -10.4. The fourth-order valence-electron chi connectivity index (χ4n) is 4.19. The molecule has 12 nitrogen and oxygen atoms in total. The molecule has 0 bridgehead atoms. The predicted octanol–water partition coefficient (Wildman–Crippen LogP) is 2.93. The Kier molecular flexibility index (Phi) is 8.78. The summed E-state index contributed by atoms with van der Waals surface area (Å²) < 4.78 is 84.0. The van der Waals surface area contributed by atoms with Gasteiger partial charge in [0.15, 0.2) is 0 Å². The van der Waals surface area contributed by atoms with Crippen molar-refractivity contribution in [3.63, 3.8) is 0 Å². The van der Waals surface area contributed by atoms with Crippen LogP contribution >= 0.6 is 0 Å². The van der Waals surface area contributed by atoms with Crippen LogP contribution in [0.25, 0.3) is 0 Å². The second-order valence-electron chi connectivity index (χ2n) is 9.46. The standard InChI is InChI=1S/C24H26F6N6O6/c1-3-5-7-15(37)31-21(23(25,26)27)17(39)35(19(41)33-21)13-9-11-14(12-10-13)36-18(40)22(24(28,29)30,34-20(36)42)32-16(38)8-6-4-2/h9-12H,3-8H2,1-2H3,(H,31,37)(H,32,38)(H,33,41)(H,34,42)/t21-,22-/m1/s1. The SMILES string of the molecule is CCCCC(=O)N[C@@]1(C(F)(F)F)NC(=O)N(c2ccc(N3C(=O)N[C@@](NC(=O)CCCC)(C(F)(F)F)C3=O)cc2)C1=O. The number of amides is 8. The Morgan fingerprint density at radius 2 is 1.00 bits per heavy atom. The Morgan fingerprint density at radius 3 is 1.26 bits per heavy atom. The molecule has 8 amide bonds. The van der Waals surface area contributed by atoms with Gasteiger partial charge in [-0.05, 0) is 37.1 Å². The molecule has 2 fully saturated rings. The minimum absolute atomic E-state index is 0.0389. The van der Waals surface area contributed by atoms with Crippen molar-refractivity contribution in [1.82, 2.24) is 21.3 Å². The van der Waals surface area contributed by atoms with Crippen molar-refractivity contribution >= 4 is 47.1 Å². The summed E-state index contributed by atoms with van der Waals surface area (Å²) in [5.41, 5.74) is -8.64. The number of anilines is 2. The van der Waals surface area contributed by atoms with Crippen LogP contribution in [0.15, 0.2) is 24.3 Å². The average molecular weight is 608 g/mol. The van der Waals surface area contributed by atoms with E-state index >= 15 is 0 Å². The zero-order valence-corrected chi connectivity index (χ0v) is 22.2. The van der Waals surface area contributed by atoms with Gasteiger partial charge >= 0.3 is 24.4 Å². The van der Waals surface area contributed by atoms with Crippen molar-refractivity contribution in [2.24, 2.45) is 0 Å². The molecule has 0 spiro atoms. The van der Waals surface area contributed by atoms with Crippen LogP contribution in [0.4, 0.5) is 47.3 Å². The lowest BCUT2D eigenvalue weighted by Gasteiger charge is -2.30. The normalized spacial score (nSPS) is 22.8. The molecule has 1 aromatic rings. The highest BCUT2D eigenvalue weighted by Crippen LogP contribution is 2.38. The maximum absolute atomic E-state index is 14.0. The number of urea groups is 2. The minimum Gasteiger partial charge on any atom is -0.318 e. The average Bonchev–Trinajstić information content (AvgIpc) is 3.30. The zero-order chi connectivity index (χ0) is 31.7. The van der Waals surface area contributed by atoms with Gasteiger partial charge in [-0.2, -0.15) is 26.3 Å². The minimum atomic E-state index is -5.47. The van der Waals surface area contributed by atoms with Gasteiger partial charge in [-0.1, -0.05) is 26.7 Å². The van der Waals surface area contributed by atoms with E-state index in [1.54, 1.807) is 13.8 Å². The first kappa shape index (κ1) is 32.1. The number of imide groups is 2. The topological polar surface area (TPSA) is 157 Å². The van der Waals surface area contributed by atoms with Gasteiger partial charge in [-0.3, -0.25) is 29.8 Å². The number of hydrogen-bond acceptors (Lipinski definition) is 6. The van der Waals surface area contributed by atoms with E-state index in [0.717, 1.165) is 24.3 Å². The van der Waals surface area contributed by atoms with Gasteiger partial charge in [0.1, 0.15) is 0 Å². The van der Waals surface area contributed by atoms with Crippen LogP contribution in [0.1, 0.15) is 52.4 Å². The summed E-state index contributed by atoms with van der Waals surface area (Å²) in [5.74, 6) is -6.15.